The molecule has 6 nitrogen and oxygen atoms in total. The molecule has 0 aliphatic carbocycles. The largest absolute Gasteiger partial charge is 0.483 e. The predicted octanol–water partition coefficient (Wildman–Crippen LogP) is 4.61. The average molecular weight is 427 g/mol. The summed E-state index contributed by atoms with van der Waals surface area (Å²) in [4.78, 5) is 12.6. The van der Waals surface area contributed by atoms with Gasteiger partial charge in [-0.15, -0.1) is 16.8 Å². The predicted molar refractivity (Wildman–Crippen MR) is 116 cm³/mol. The Morgan fingerprint density at radius 3 is 2.83 bits per heavy atom. The number of allylic oxidation sites excluding steroid dienone is 1. The van der Waals surface area contributed by atoms with Crippen LogP contribution in [0.3, 0.4) is 0 Å². The van der Waals surface area contributed by atoms with Gasteiger partial charge in [0.25, 0.3) is 0 Å². The fourth-order valence-electron chi connectivity index (χ4n) is 2.71. The number of halogens is 1. The summed E-state index contributed by atoms with van der Waals surface area (Å²) < 4.78 is 21.1. The molecule has 0 radical (unpaired) electrons. The van der Waals surface area contributed by atoms with Crippen LogP contribution in [0.15, 0.2) is 66.3 Å². The molecule has 0 saturated carbocycles. The van der Waals surface area contributed by atoms with Gasteiger partial charge in [0.05, 0.1) is 5.25 Å². The fourth-order valence-corrected chi connectivity index (χ4v) is 3.59. The van der Waals surface area contributed by atoms with Crippen LogP contribution in [0.1, 0.15) is 18.3 Å². The molecule has 1 unspecified atom stereocenters. The van der Waals surface area contributed by atoms with Gasteiger partial charge in [0, 0.05) is 12.2 Å². The van der Waals surface area contributed by atoms with Crippen LogP contribution in [-0.4, -0.2) is 25.9 Å². The van der Waals surface area contributed by atoms with E-state index < -0.39 is 11.1 Å². The molecule has 1 heterocycles. The van der Waals surface area contributed by atoms with Gasteiger partial charge in [0.2, 0.25) is 5.91 Å². The van der Waals surface area contributed by atoms with E-state index in [1.54, 1.807) is 35.8 Å². The summed E-state index contributed by atoms with van der Waals surface area (Å²) in [7, 11) is 0. The van der Waals surface area contributed by atoms with Crippen molar-refractivity contribution in [2.45, 2.75) is 37.4 Å². The zero-order chi connectivity index (χ0) is 21.5. The molecule has 8 heteroatoms. The average Bonchev–Trinajstić information content (AvgIpc) is 3.09. The number of aromatic nitrogens is 3. The molecule has 2 aromatic carbocycles. The second-order valence-corrected chi connectivity index (χ2v) is 7.94. The number of amides is 1. The van der Waals surface area contributed by atoms with Crippen LogP contribution in [0.5, 0.6) is 5.75 Å². The van der Waals surface area contributed by atoms with E-state index in [0.717, 1.165) is 11.3 Å². The lowest BCUT2D eigenvalue weighted by Crippen LogP contribution is -2.23. The van der Waals surface area contributed by atoms with Crippen molar-refractivity contribution in [3.8, 4) is 5.75 Å². The minimum absolute atomic E-state index is 0.0478. The first-order chi connectivity index (χ1) is 14.5. The Balaban J connectivity index is 1.68. The second-order valence-electron chi connectivity index (χ2n) is 6.64. The van der Waals surface area contributed by atoms with Gasteiger partial charge in [0.15, 0.2) is 22.5 Å². The molecule has 3 rings (SSSR count). The van der Waals surface area contributed by atoms with Gasteiger partial charge in [0.1, 0.15) is 6.61 Å². The minimum atomic E-state index is -0.441. The maximum Gasteiger partial charge on any atom is 0.237 e. The molecule has 1 amide bonds. The Labute approximate surface area is 179 Å². The Kier molecular flexibility index (Phi) is 7.24. The van der Waals surface area contributed by atoms with Crippen LogP contribution in [0.2, 0.25) is 0 Å². The number of aryl methyl sites for hydroxylation is 1. The maximum absolute atomic E-state index is 13.8. The van der Waals surface area contributed by atoms with E-state index in [1.165, 1.54) is 17.8 Å². The van der Waals surface area contributed by atoms with Crippen LogP contribution in [0.4, 0.5) is 10.1 Å². The van der Waals surface area contributed by atoms with E-state index in [2.05, 4.69) is 22.1 Å². The lowest BCUT2D eigenvalue weighted by molar-refractivity contribution is -0.115. The van der Waals surface area contributed by atoms with Gasteiger partial charge in [-0.2, -0.15) is 0 Å². The van der Waals surface area contributed by atoms with Crippen molar-refractivity contribution in [3.05, 3.63) is 78.4 Å². The first-order valence-corrected chi connectivity index (χ1v) is 10.3. The van der Waals surface area contributed by atoms with Crippen molar-refractivity contribution in [2.24, 2.45) is 0 Å². The lowest BCUT2D eigenvalue weighted by atomic mass is 10.2. The third kappa shape index (κ3) is 5.48. The van der Waals surface area contributed by atoms with E-state index in [9.17, 15) is 9.18 Å². The number of benzene rings is 2. The summed E-state index contributed by atoms with van der Waals surface area (Å²) in [6, 6.07) is 13.8. The zero-order valence-electron chi connectivity index (χ0n) is 16.8. The number of nitrogens with one attached hydrogen (secondary N) is 1. The summed E-state index contributed by atoms with van der Waals surface area (Å²) in [6.07, 6.45) is 1.71. The van der Waals surface area contributed by atoms with Crippen LogP contribution in [0, 0.1) is 12.7 Å². The number of carbonyl (C=O) groups is 1. The number of hydrogen-bond donors (Lipinski definition) is 1. The molecular formula is C22H23FN4O2S. The number of para-hydroxylation sites is 1. The quantitative estimate of drug-likeness (QED) is 0.400. The molecule has 1 atom stereocenters. The normalized spacial score (nSPS) is 11.7. The smallest absolute Gasteiger partial charge is 0.237 e. The summed E-state index contributed by atoms with van der Waals surface area (Å²) in [5.41, 5.74) is 1.82. The van der Waals surface area contributed by atoms with Crippen molar-refractivity contribution >= 4 is 23.4 Å². The first-order valence-electron chi connectivity index (χ1n) is 9.42. The van der Waals surface area contributed by atoms with Gasteiger partial charge in [-0.05, 0) is 43.7 Å². The zero-order valence-corrected chi connectivity index (χ0v) is 17.7. The van der Waals surface area contributed by atoms with Crippen molar-refractivity contribution in [1.82, 2.24) is 14.8 Å². The highest BCUT2D eigenvalue weighted by Crippen LogP contribution is 2.25. The summed E-state index contributed by atoms with van der Waals surface area (Å²) in [5.74, 6) is 0.0870. The van der Waals surface area contributed by atoms with E-state index >= 15 is 0 Å². The molecule has 1 N–H and O–H groups in total. The van der Waals surface area contributed by atoms with E-state index in [-0.39, 0.29) is 18.3 Å². The molecule has 0 aliphatic heterocycles. The number of thioether (sulfide) groups is 1. The number of ether oxygens (including phenoxy) is 1. The number of hydrogen-bond acceptors (Lipinski definition) is 5. The molecule has 0 fully saturated rings. The monoisotopic (exact) mass is 426 g/mol. The van der Waals surface area contributed by atoms with E-state index in [1.807, 2.05) is 31.2 Å². The van der Waals surface area contributed by atoms with Gasteiger partial charge in [-0.25, -0.2) is 4.39 Å². The molecule has 0 saturated heterocycles. The second kappa shape index (κ2) is 10.1. The number of anilines is 1. The third-order valence-electron chi connectivity index (χ3n) is 4.24. The molecule has 0 aliphatic rings. The summed E-state index contributed by atoms with van der Waals surface area (Å²) in [6.45, 7) is 8.03. The van der Waals surface area contributed by atoms with Gasteiger partial charge in [-0.3, -0.25) is 9.36 Å². The Bertz CT molecular complexity index is 1040. The standard InChI is InChI=1S/C22H23FN4O2S/c1-4-12-27-20(14-29-19-11-6-5-10-18(19)23)25-26-22(27)30-16(3)21(28)24-17-9-7-8-15(2)13-17/h4-11,13,16H,1,12,14H2,2-3H3,(H,24,28). The molecule has 3 aromatic rings. The number of rotatable bonds is 9. The van der Waals surface area contributed by atoms with Crippen molar-refractivity contribution in [1.29, 1.82) is 0 Å². The third-order valence-corrected chi connectivity index (χ3v) is 5.32. The Hall–Kier alpha value is -3.13. The Morgan fingerprint density at radius 1 is 1.30 bits per heavy atom. The molecule has 0 spiro atoms. The maximum atomic E-state index is 13.8. The number of carbonyl (C=O) groups excluding carboxylic acids is 1. The summed E-state index contributed by atoms with van der Waals surface area (Å²) in [5, 5.41) is 11.4. The molecular weight excluding hydrogens is 403 g/mol. The highest BCUT2D eigenvalue weighted by atomic mass is 32.2. The molecule has 1 aromatic heterocycles. The van der Waals surface area contributed by atoms with Crippen molar-refractivity contribution in [2.75, 3.05) is 5.32 Å². The SMILES string of the molecule is C=CCn1c(COc2ccccc2F)nnc1SC(C)C(=O)Nc1cccc(C)c1. The van der Waals surface area contributed by atoms with Gasteiger partial charge >= 0.3 is 0 Å². The molecule has 0 bridgehead atoms. The van der Waals surface area contributed by atoms with E-state index in [4.69, 9.17) is 4.74 Å². The minimum Gasteiger partial charge on any atom is -0.483 e. The topological polar surface area (TPSA) is 69.0 Å². The first kappa shape index (κ1) is 21.6. The van der Waals surface area contributed by atoms with Crippen LogP contribution in [0.25, 0.3) is 0 Å². The van der Waals surface area contributed by atoms with Gasteiger partial charge < -0.3 is 10.1 Å². The van der Waals surface area contributed by atoms with Crippen LogP contribution < -0.4 is 10.1 Å². The van der Waals surface area contributed by atoms with Crippen molar-refractivity contribution in [3.63, 3.8) is 0 Å². The molecule has 156 valence electrons. The Morgan fingerprint density at radius 2 is 2.10 bits per heavy atom. The molecule has 30 heavy (non-hydrogen) atoms. The van der Waals surface area contributed by atoms with E-state index in [0.29, 0.717) is 17.5 Å². The van der Waals surface area contributed by atoms with Crippen LogP contribution in [-0.2, 0) is 17.9 Å². The van der Waals surface area contributed by atoms with Crippen molar-refractivity contribution < 1.29 is 13.9 Å². The lowest BCUT2D eigenvalue weighted by Gasteiger charge is -2.13. The van der Waals surface area contributed by atoms with Gasteiger partial charge in [-0.1, -0.05) is 42.1 Å². The van der Waals surface area contributed by atoms with Crippen LogP contribution >= 0.6 is 11.8 Å². The number of nitrogens with zero attached hydrogens (tertiary/aromatic N) is 3. The fraction of sp³-hybridized carbons (Fsp3) is 0.227. The highest BCUT2D eigenvalue weighted by molar-refractivity contribution is 8.00. The highest BCUT2D eigenvalue weighted by Gasteiger charge is 2.20. The summed E-state index contributed by atoms with van der Waals surface area (Å²) >= 11 is 1.29.